The molecule has 0 saturated carbocycles. The van der Waals surface area contributed by atoms with E-state index in [1.165, 1.54) is 17.0 Å². The zero-order valence-corrected chi connectivity index (χ0v) is 12.5. The van der Waals surface area contributed by atoms with Crippen LogP contribution in [0, 0.1) is 11.6 Å². The van der Waals surface area contributed by atoms with Gasteiger partial charge in [0.2, 0.25) is 0 Å². The highest BCUT2D eigenvalue weighted by molar-refractivity contribution is 6.05. The largest absolute Gasteiger partial charge is 0.367 e. The molecule has 3 aliphatic rings. The van der Waals surface area contributed by atoms with Gasteiger partial charge in [-0.3, -0.25) is 9.69 Å². The van der Waals surface area contributed by atoms with Crippen molar-refractivity contribution in [2.24, 2.45) is 0 Å². The fourth-order valence-corrected chi connectivity index (χ4v) is 3.89. The van der Waals surface area contributed by atoms with Crippen molar-refractivity contribution in [1.29, 1.82) is 0 Å². The molecule has 3 fully saturated rings. The molecule has 0 N–H and O–H groups in total. The Labute approximate surface area is 132 Å². The van der Waals surface area contributed by atoms with Gasteiger partial charge >= 0.3 is 6.03 Å². The van der Waals surface area contributed by atoms with Crippen molar-refractivity contribution in [1.82, 2.24) is 9.80 Å². The van der Waals surface area contributed by atoms with Crippen LogP contribution in [0.2, 0.25) is 0 Å². The summed E-state index contributed by atoms with van der Waals surface area (Å²) < 4.78 is 26.9. The number of carbonyl (C=O) groups excluding carboxylic acids is 2. The molecule has 3 saturated heterocycles. The number of hydrogen-bond donors (Lipinski definition) is 0. The molecule has 23 heavy (non-hydrogen) atoms. The predicted octanol–water partition coefficient (Wildman–Crippen LogP) is 1.97. The Morgan fingerprint density at radius 2 is 1.91 bits per heavy atom. The Morgan fingerprint density at radius 1 is 1.09 bits per heavy atom. The Hall–Kier alpha value is -2.18. The molecule has 3 aliphatic heterocycles. The first kappa shape index (κ1) is 14.4. The summed E-state index contributed by atoms with van der Waals surface area (Å²) in [5.74, 6) is -1.36. The van der Waals surface area contributed by atoms with Gasteiger partial charge in [0.1, 0.15) is 17.7 Å². The summed E-state index contributed by atoms with van der Waals surface area (Å²) in [5.41, 5.74) is 0.313. The topological polar surface area (TPSA) is 43.9 Å². The number of halogens is 2. The number of hydrogen-bond acceptors (Lipinski definition) is 3. The van der Waals surface area contributed by atoms with Gasteiger partial charge in [-0.1, -0.05) is 0 Å². The van der Waals surface area contributed by atoms with Crippen molar-refractivity contribution in [2.45, 2.75) is 31.3 Å². The summed E-state index contributed by atoms with van der Waals surface area (Å²) in [4.78, 5) is 29.7. The average molecular weight is 321 g/mol. The van der Waals surface area contributed by atoms with Crippen LogP contribution < -0.4 is 4.90 Å². The van der Waals surface area contributed by atoms with E-state index in [1.807, 2.05) is 0 Å². The fraction of sp³-hybridized carbons (Fsp3) is 0.500. The zero-order chi connectivity index (χ0) is 16.1. The molecule has 0 aromatic heterocycles. The minimum Gasteiger partial charge on any atom is -0.367 e. The van der Waals surface area contributed by atoms with Crippen molar-refractivity contribution in [3.63, 3.8) is 0 Å². The van der Waals surface area contributed by atoms with Crippen LogP contribution in [0.25, 0.3) is 0 Å². The molecule has 3 heterocycles. The van der Waals surface area contributed by atoms with Crippen LogP contribution in [0.3, 0.4) is 0 Å². The summed E-state index contributed by atoms with van der Waals surface area (Å²) >= 11 is 0. The number of amides is 3. The first-order chi connectivity index (χ1) is 11.1. The summed E-state index contributed by atoms with van der Waals surface area (Å²) in [6.07, 6.45) is 2.20. The zero-order valence-electron chi connectivity index (χ0n) is 12.5. The summed E-state index contributed by atoms with van der Waals surface area (Å²) in [7, 11) is 0. The van der Waals surface area contributed by atoms with E-state index in [-0.39, 0.29) is 24.0 Å². The average Bonchev–Trinajstić information content (AvgIpc) is 3.19. The second-order valence-corrected chi connectivity index (χ2v) is 6.33. The lowest BCUT2D eigenvalue weighted by molar-refractivity contribution is -0.129. The van der Waals surface area contributed by atoms with Crippen LogP contribution in [-0.4, -0.2) is 53.5 Å². The number of benzene rings is 1. The van der Waals surface area contributed by atoms with Gasteiger partial charge in [-0.2, -0.15) is 0 Å². The first-order valence-electron chi connectivity index (χ1n) is 7.90. The van der Waals surface area contributed by atoms with Crippen LogP contribution >= 0.6 is 0 Å². The highest BCUT2D eigenvalue weighted by atomic mass is 19.1. The molecule has 2 atom stereocenters. The molecule has 0 radical (unpaired) electrons. The molecule has 0 aliphatic carbocycles. The van der Waals surface area contributed by atoms with Gasteiger partial charge in [-0.15, -0.1) is 0 Å². The van der Waals surface area contributed by atoms with Crippen molar-refractivity contribution in [2.75, 3.05) is 24.5 Å². The third kappa shape index (κ3) is 2.17. The molecule has 3 amide bonds. The minimum absolute atomic E-state index is 0.126. The van der Waals surface area contributed by atoms with E-state index < -0.39 is 11.6 Å². The number of urea groups is 1. The smallest absolute Gasteiger partial charge is 0.327 e. The molecule has 1 aromatic carbocycles. The maximum Gasteiger partial charge on any atom is 0.327 e. The Bertz CT molecular complexity index is 659. The summed E-state index contributed by atoms with van der Waals surface area (Å²) in [6.45, 7) is 1.56. The van der Waals surface area contributed by atoms with E-state index in [0.29, 0.717) is 31.7 Å². The molecule has 0 bridgehead atoms. The van der Waals surface area contributed by atoms with E-state index in [4.69, 9.17) is 0 Å². The highest BCUT2D eigenvalue weighted by Gasteiger charge is 2.50. The van der Waals surface area contributed by atoms with Crippen molar-refractivity contribution in [3.05, 3.63) is 29.8 Å². The molecule has 0 spiro atoms. The van der Waals surface area contributed by atoms with Gasteiger partial charge in [0.25, 0.3) is 5.91 Å². The maximum atomic E-state index is 13.9. The standard InChI is InChI=1S/C16H17F2N3O2/c17-10-3-4-13(12(18)8-10)19-7-5-11(9-19)21-15(22)14-2-1-6-20(14)16(21)23/h3-4,8,11,14H,1-2,5-7,9H2/t11-,14+/m0/s1. The predicted molar refractivity (Wildman–Crippen MR) is 78.9 cm³/mol. The molecule has 122 valence electrons. The van der Waals surface area contributed by atoms with Gasteiger partial charge in [-0.05, 0) is 31.4 Å². The number of anilines is 1. The van der Waals surface area contributed by atoms with E-state index in [1.54, 1.807) is 9.80 Å². The molecule has 5 nitrogen and oxygen atoms in total. The minimum atomic E-state index is -0.620. The van der Waals surface area contributed by atoms with Crippen LogP contribution in [0.4, 0.5) is 19.3 Å². The summed E-state index contributed by atoms with van der Waals surface area (Å²) in [6, 6.07) is 2.70. The lowest BCUT2D eigenvalue weighted by Crippen LogP contribution is -2.43. The number of rotatable bonds is 2. The quantitative estimate of drug-likeness (QED) is 0.782. The Balaban J connectivity index is 1.52. The second-order valence-electron chi connectivity index (χ2n) is 6.33. The monoisotopic (exact) mass is 321 g/mol. The van der Waals surface area contributed by atoms with Gasteiger partial charge < -0.3 is 9.80 Å². The van der Waals surface area contributed by atoms with Crippen molar-refractivity contribution < 1.29 is 18.4 Å². The maximum absolute atomic E-state index is 13.9. The van der Waals surface area contributed by atoms with Gasteiger partial charge in [0.15, 0.2) is 0 Å². The molecular weight excluding hydrogens is 304 g/mol. The van der Waals surface area contributed by atoms with E-state index >= 15 is 0 Å². The normalized spacial score (nSPS) is 27.3. The number of nitrogens with zero attached hydrogens (tertiary/aromatic N) is 3. The Morgan fingerprint density at radius 3 is 2.65 bits per heavy atom. The molecule has 0 unspecified atom stereocenters. The fourth-order valence-electron chi connectivity index (χ4n) is 3.89. The Kier molecular flexibility index (Phi) is 3.25. The number of carbonyl (C=O) groups is 2. The van der Waals surface area contributed by atoms with Crippen molar-refractivity contribution >= 4 is 17.6 Å². The van der Waals surface area contributed by atoms with Crippen LogP contribution in [-0.2, 0) is 4.79 Å². The third-order valence-corrected chi connectivity index (χ3v) is 5.01. The first-order valence-corrected chi connectivity index (χ1v) is 7.90. The van der Waals surface area contributed by atoms with E-state index in [9.17, 15) is 18.4 Å². The number of fused-ring (bicyclic) bond motifs is 1. The SMILES string of the molecule is O=C1[C@H]2CCCN2C(=O)N1[C@H]1CCN(c2ccc(F)cc2F)C1. The van der Waals surface area contributed by atoms with Crippen LogP contribution in [0.15, 0.2) is 18.2 Å². The second kappa shape index (κ2) is 5.18. The summed E-state index contributed by atoms with van der Waals surface area (Å²) in [5, 5.41) is 0. The highest BCUT2D eigenvalue weighted by Crippen LogP contribution is 2.33. The van der Waals surface area contributed by atoms with Gasteiger partial charge in [0.05, 0.1) is 11.7 Å². The van der Waals surface area contributed by atoms with Gasteiger partial charge in [-0.25, -0.2) is 13.6 Å². The molecule has 4 rings (SSSR count). The lowest BCUT2D eigenvalue weighted by atomic mass is 10.2. The van der Waals surface area contributed by atoms with Crippen LogP contribution in [0.1, 0.15) is 19.3 Å². The van der Waals surface area contributed by atoms with Crippen molar-refractivity contribution in [3.8, 4) is 0 Å². The molecular formula is C16H17F2N3O2. The molecule has 1 aromatic rings. The van der Waals surface area contributed by atoms with E-state index in [0.717, 1.165) is 18.9 Å². The number of imide groups is 1. The van der Waals surface area contributed by atoms with Crippen LogP contribution in [0.5, 0.6) is 0 Å². The lowest BCUT2D eigenvalue weighted by Gasteiger charge is -2.24. The third-order valence-electron chi connectivity index (χ3n) is 5.01. The molecule has 7 heteroatoms. The van der Waals surface area contributed by atoms with E-state index in [2.05, 4.69) is 0 Å². The van der Waals surface area contributed by atoms with Gasteiger partial charge in [0, 0.05) is 25.7 Å².